The van der Waals surface area contributed by atoms with E-state index in [1.807, 2.05) is 41.5 Å². The molecule has 1 aromatic heterocycles. The topological polar surface area (TPSA) is 17.4 Å². The predicted octanol–water partition coefficient (Wildman–Crippen LogP) is 6.89. The first-order valence-electron chi connectivity index (χ1n) is 9.78. The van der Waals surface area contributed by atoms with Crippen LogP contribution in [0.5, 0.6) is 0 Å². The second kappa shape index (κ2) is 7.78. The molecule has 1 aliphatic heterocycles. The first-order valence-corrected chi connectivity index (χ1v) is 10.2. The fraction of sp³-hybridized carbons (Fsp3) is 0.120. The Morgan fingerprint density at radius 3 is 2.17 bits per heavy atom. The quantitative estimate of drug-likeness (QED) is 0.371. The Hall–Kier alpha value is -3.01. The Morgan fingerprint density at radius 1 is 0.759 bits per heavy atom. The smallest absolute Gasteiger partial charge is 0.163 e. The largest absolute Gasteiger partial charge is 0.319 e. The molecule has 3 nitrogen and oxygen atoms in total. The molecule has 1 saturated heterocycles. The van der Waals surface area contributed by atoms with Crippen LogP contribution in [0.3, 0.4) is 0 Å². The van der Waals surface area contributed by atoms with Gasteiger partial charge < -0.3 is 4.57 Å². The molecule has 29 heavy (non-hydrogen) atoms. The second-order valence-corrected chi connectivity index (χ2v) is 7.63. The molecule has 3 aromatic carbocycles. The molecule has 0 saturated carbocycles. The summed E-state index contributed by atoms with van der Waals surface area (Å²) in [6.45, 7) is 0. The van der Waals surface area contributed by atoms with Crippen molar-refractivity contribution in [1.82, 2.24) is 4.57 Å². The summed E-state index contributed by atoms with van der Waals surface area (Å²) >= 11 is 6.12. The van der Waals surface area contributed by atoms with E-state index < -0.39 is 0 Å². The van der Waals surface area contributed by atoms with E-state index in [9.17, 15) is 0 Å². The third-order valence-corrected chi connectivity index (χ3v) is 5.62. The van der Waals surface area contributed by atoms with Crippen LogP contribution in [-0.2, 0) is 4.84 Å². The van der Waals surface area contributed by atoms with Gasteiger partial charge >= 0.3 is 0 Å². The molecule has 0 amide bonds. The van der Waals surface area contributed by atoms with E-state index in [-0.39, 0.29) is 12.3 Å². The number of nitrogens with zero attached hydrogens (tertiary/aromatic N) is 2. The molecular formula is C25H21ClN2O. The maximum atomic E-state index is 6.51. The highest BCUT2D eigenvalue weighted by molar-refractivity contribution is 6.30. The zero-order valence-corrected chi connectivity index (χ0v) is 16.6. The van der Waals surface area contributed by atoms with Crippen LogP contribution in [0.15, 0.2) is 103 Å². The van der Waals surface area contributed by atoms with Crippen molar-refractivity contribution in [2.75, 3.05) is 5.06 Å². The molecule has 5 rings (SSSR count). The molecule has 0 aliphatic carbocycles. The van der Waals surface area contributed by atoms with Crippen LogP contribution in [0.1, 0.15) is 24.3 Å². The summed E-state index contributed by atoms with van der Waals surface area (Å²) < 4.78 is 2.22. The average Bonchev–Trinajstić information content (AvgIpc) is 3.43. The number of hydrogen-bond donors (Lipinski definition) is 0. The molecule has 1 aliphatic rings. The number of anilines is 1. The van der Waals surface area contributed by atoms with Crippen molar-refractivity contribution in [3.05, 3.63) is 114 Å². The molecule has 2 heterocycles. The van der Waals surface area contributed by atoms with Gasteiger partial charge in [0.05, 0.1) is 17.4 Å². The summed E-state index contributed by atoms with van der Waals surface area (Å²) in [5.74, 6) is 0. The van der Waals surface area contributed by atoms with Crippen molar-refractivity contribution in [1.29, 1.82) is 0 Å². The minimum atomic E-state index is -0.0962. The summed E-state index contributed by atoms with van der Waals surface area (Å²) in [6.07, 6.45) is 2.84. The van der Waals surface area contributed by atoms with Gasteiger partial charge in [-0.15, -0.1) is 0 Å². The summed E-state index contributed by atoms with van der Waals surface area (Å²) in [5, 5.41) is 2.77. The van der Waals surface area contributed by atoms with Gasteiger partial charge in [-0.3, -0.25) is 0 Å². The zero-order chi connectivity index (χ0) is 19.6. The molecule has 0 spiro atoms. The molecule has 144 valence electrons. The van der Waals surface area contributed by atoms with Gasteiger partial charge in [-0.25, -0.2) is 9.90 Å². The van der Waals surface area contributed by atoms with E-state index in [1.165, 1.54) is 11.1 Å². The molecule has 0 bridgehead atoms. The third-order valence-electron chi connectivity index (χ3n) is 5.37. The Labute approximate surface area is 175 Å². The highest BCUT2D eigenvalue weighted by atomic mass is 35.5. The highest BCUT2D eigenvalue weighted by Gasteiger charge is 2.36. The monoisotopic (exact) mass is 400 g/mol. The van der Waals surface area contributed by atoms with Gasteiger partial charge in [-0.2, -0.15) is 0 Å². The van der Waals surface area contributed by atoms with Gasteiger partial charge in [0, 0.05) is 17.6 Å². The zero-order valence-electron chi connectivity index (χ0n) is 15.9. The van der Waals surface area contributed by atoms with Gasteiger partial charge in [-0.1, -0.05) is 72.3 Å². The number of hydroxylamine groups is 1. The van der Waals surface area contributed by atoms with Crippen LogP contribution < -0.4 is 5.06 Å². The van der Waals surface area contributed by atoms with Crippen LogP contribution in [0.4, 0.5) is 5.69 Å². The molecular weight excluding hydrogens is 380 g/mol. The number of halogens is 1. The molecule has 4 aromatic rings. The second-order valence-electron chi connectivity index (χ2n) is 7.19. The predicted molar refractivity (Wildman–Crippen MR) is 118 cm³/mol. The summed E-state index contributed by atoms with van der Waals surface area (Å²) in [6, 6.07) is 33.1. The van der Waals surface area contributed by atoms with E-state index in [0.29, 0.717) is 0 Å². The lowest BCUT2D eigenvalue weighted by Gasteiger charge is -2.25. The van der Waals surface area contributed by atoms with Crippen LogP contribution >= 0.6 is 11.6 Å². The summed E-state index contributed by atoms with van der Waals surface area (Å²) in [7, 11) is 0. The summed E-state index contributed by atoms with van der Waals surface area (Å²) in [5.41, 5.74) is 4.57. The van der Waals surface area contributed by atoms with Crippen molar-refractivity contribution in [2.24, 2.45) is 0 Å². The standard InChI is InChI=1S/C25H21ClN2O/c26-21-15-13-20(14-16-21)24-18-25(29-28(24)22-10-5-2-6-11-22)27-17-7-12-23(27)19-8-3-1-4-9-19/h1-17,24-25H,18H2/t24-,25+/m0/s1. The maximum Gasteiger partial charge on any atom is 0.163 e. The van der Waals surface area contributed by atoms with Gasteiger partial charge in [0.1, 0.15) is 0 Å². The van der Waals surface area contributed by atoms with E-state index >= 15 is 0 Å². The first-order chi connectivity index (χ1) is 14.3. The van der Waals surface area contributed by atoms with Crippen LogP contribution in [-0.4, -0.2) is 4.57 Å². The SMILES string of the molecule is Clc1ccc([C@@H]2C[C@H](n3cccc3-c3ccccc3)ON2c2ccccc2)cc1. The molecule has 4 heteroatoms. The van der Waals surface area contributed by atoms with Crippen molar-refractivity contribution in [3.8, 4) is 11.3 Å². The van der Waals surface area contributed by atoms with E-state index in [0.717, 1.165) is 22.8 Å². The van der Waals surface area contributed by atoms with Gasteiger partial charge in [-0.05, 0) is 47.5 Å². The lowest BCUT2D eigenvalue weighted by molar-refractivity contribution is 0.0361. The first kappa shape index (κ1) is 18.0. The lowest BCUT2D eigenvalue weighted by Crippen LogP contribution is -2.21. The normalized spacial score (nSPS) is 18.9. The highest BCUT2D eigenvalue weighted by Crippen LogP contribution is 2.43. The van der Waals surface area contributed by atoms with Crippen LogP contribution in [0, 0.1) is 0 Å². The van der Waals surface area contributed by atoms with Crippen molar-refractivity contribution in [2.45, 2.75) is 18.7 Å². The average molecular weight is 401 g/mol. The van der Waals surface area contributed by atoms with E-state index in [1.54, 1.807) is 0 Å². The molecule has 0 radical (unpaired) electrons. The number of aromatic nitrogens is 1. The number of hydrogen-bond acceptors (Lipinski definition) is 2. The third kappa shape index (κ3) is 3.55. The van der Waals surface area contributed by atoms with E-state index in [4.69, 9.17) is 16.4 Å². The Bertz CT molecular complexity index is 1080. The Kier molecular flexibility index (Phi) is 4.84. The molecule has 0 unspecified atom stereocenters. The fourth-order valence-corrected chi connectivity index (χ4v) is 4.10. The Morgan fingerprint density at radius 2 is 1.45 bits per heavy atom. The molecule has 2 atom stereocenters. The minimum absolute atomic E-state index is 0.0962. The molecule has 0 N–H and O–H groups in total. The number of benzene rings is 3. The number of rotatable bonds is 4. The molecule has 1 fully saturated rings. The summed E-state index contributed by atoms with van der Waals surface area (Å²) in [4.78, 5) is 6.51. The maximum absolute atomic E-state index is 6.51. The van der Waals surface area contributed by atoms with Crippen LogP contribution in [0.2, 0.25) is 5.02 Å². The van der Waals surface area contributed by atoms with Gasteiger partial charge in [0.25, 0.3) is 0 Å². The fourth-order valence-electron chi connectivity index (χ4n) is 3.97. The van der Waals surface area contributed by atoms with Crippen molar-refractivity contribution >= 4 is 17.3 Å². The minimum Gasteiger partial charge on any atom is -0.319 e. The van der Waals surface area contributed by atoms with E-state index in [2.05, 4.69) is 71.4 Å². The van der Waals surface area contributed by atoms with Gasteiger partial charge in [0.2, 0.25) is 0 Å². The van der Waals surface area contributed by atoms with Crippen LogP contribution in [0.25, 0.3) is 11.3 Å². The van der Waals surface area contributed by atoms with Crippen molar-refractivity contribution in [3.63, 3.8) is 0 Å². The van der Waals surface area contributed by atoms with Crippen molar-refractivity contribution < 1.29 is 4.84 Å². The number of para-hydroxylation sites is 1. The Balaban J connectivity index is 1.52. The van der Waals surface area contributed by atoms with Gasteiger partial charge in [0.15, 0.2) is 6.23 Å². The lowest BCUT2D eigenvalue weighted by atomic mass is 10.0.